The Morgan fingerprint density at radius 1 is 1.30 bits per heavy atom. The molecule has 0 saturated carbocycles. The summed E-state index contributed by atoms with van der Waals surface area (Å²) in [7, 11) is 0. The maximum Gasteiger partial charge on any atom is 0.335 e. The van der Waals surface area contributed by atoms with Crippen molar-refractivity contribution < 1.29 is 23.5 Å². The molecule has 0 spiro atoms. The lowest BCUT2D eigenvalue weighted by molar-refractivity contribution is -0.132. The first-order valence-corrected chi connectivity index (χ1v) is 6.32. The zero-order valence-electron chi connectivity index (χ0n) is 11.2. The summed E-state index contributed by atoms with van der Waals surface area (Å²) < 4.78 is 24.6. The van der Waals surface area contributed by atoms with E-state index in [-0.39, 0.29) is 24.9 Å². The van der Waals surface area contributed by atoms with Crippen LogP contribution in [0.4, 0.5) is 8.78 Å². The standard InChI is InChI=1S/C14H17F2NO3/c1-2-17(9-12(15)16)13(18)8-7-10-5-3-4-6-11(10)14(19)20/h3-6,12H,2,7-9H2,1H3,(H,19,20). The van der Waals surface area contributed by atoms with Crippen molar-refractivity contribution in [2.75, 3.05) is 13.1 Å². The van der Waals surface area contributed by atoms with Crippen molar-refractivity contribution in [3.63, 3.8) is 0 Å². The lowest BCUT2D eigenvalue weighted by Crippen LogP contribution is -2.35. The summed E-state index contributed by atoms with van der Waals surface area (Å²) in [6.45, 7) is 1.26. The van der Waals surface area contributed by atoms with E-state index in [1.165, 1.54) is 6.07 Å². The Kier molecular flexibility index (Phi) is 6.09. The van der Waals surface area contributed by atoms with Crippen molar-refractivity contribution in [1.82, 2.24) is 4.90 Å². The molecule has 4 nitrogen and oxygen atoms in total. The summed E-state index contributed by atoms with van der Waals surface area (Å²) in [4.78, 5) is 23.9. The Morgan fingerprint density at radius 3 is 2.50 bits per heavy atom. The number of alkyl halides is 2. The number of hydrogen-bond donors (Lipinski definition) is 1. The molecule has 1 aromatic carbocycles. The molecule has 0 aliphatic heterocycles. The minimum absolute atomic E-state index is 0.0187. The molecular formula is C14H17F2NO3. The number of carbonyl (C=O) groups excluding carboxylic acids is 1. The van der Waals surface area contributed by atoms with Crippen LogP contribution in [0.3, 0.4) is 0 Å². The number of aryl methyl sites for hydroxylation is 1. The molecule has 6 heteroatoms. The second-order valence-electron chi connectivity index (χ2n) is 4.29. The van der Waals surface area contributed by atoms with Gasteiger partial charge >= 0.3 is 5.97 Å². The van der Waals surface area contributed by atoms with Crippen molar-refractivity contribution in [2.24, 2.45) is 0 Å². The topological polar surface area (TPSA) is 57.6 Å². The van der Waals surface area contributed by atoms with E-state index >= 15 is 0 Å². The van der Waals surface area contributed by atoms with Gasteiger partial charge in [0.25, 0.3) is 6.43 Å². The molecular weight excluding hydrogens is 268 g/mol. The molecule has 110 valence electrons. The van der Waals surface area contributed by atoms with Crippen molar-refractivity contribution in [3.8, 4) is 0 Å². The van der Waals surface area contributed by atoms with Crippen LogP contribution >= 0.6 is 0 Å². The lowest BCUT2D eigenvalue weighted by Gasteiger charge is -2.20. The largest absolute Gasteiger partial charge is 0.478 e. The Labute approximate surface area is 116 Å². The SMILES string of the molecule is CCN(CC(F)F)C(=O)CCc1ccccc1C(=O)O. The van der Waals surface area contributed by atoms with Gasteiger partial charge in [-0.2, -0.15) is 0 Å². The number of carboxylic acids is 1. The Bertz CT molecular complexity index is 477. The molecule has 0 atom stereocenters. The van der Waals surface area contributed by atoms with Crippen molar-refractivity contribution >= 4 is 11.9 Å². The normalized spacial score (nSPS) is 10.6. The molecule has 0 fully saturated rings. The third kappa shape index (κ3) is 4.60. The highest BCUT2D eigenvalue weighted by Gasteiger charge is 2.17. The third-order valence-electron chi connectivity index (χ3n) is 2.95. The number of nitrogens with zero attached hydrogens (tertiary/aromatic N) is 1. The first-order valence-electron chi connectivity index (χ1n) is 6.32. The summed E-state index contributed by atoms with van der Waals surface area (Å²) in [5, 5.41) is 9.01. The van der Waals surface area contributed by atoms with E-state index in [2.05, 4.69) is 0 Å². The average molecular weight is 285 g/mol. The van der Waals surface area contributed by atoms with E-state index in [1.54, 1.807) is 25.1 Å². The highest BCUT2D eigenvalue weighted by molar-refractivity contribution is 5.89. The van der Waals surface area contributed by atoms with Gasteiger partial charge in [0.2, 0.25) is 5.91 Å². The monoisotopic (exact) mass is 285 g/mol. The van der Waals surface area contributed by atoms with Crippen LogP contribution in [0, 0.1) is 0 Å². The molecule has 20 heavy (non-hydrogen) atoms. The quantitative estimate of drug-likeness (QED) is 0.837. The number of benzene rings is 1. The maximum atomic E-state index is 12.3. The van der Waals surface area contributed by atoms with Crippen LogP contribution in [0.2, 0.25) is 0 Å². The smallest absolute Gasteiger partial charge is 0.335 e. The Balaban J connectivity index is 2.67. The third-order valence-corrected chi connectivity index (χ3v) is 2.95. The predicted molar refractivity (Wildman–Crippen MR) is 70.0 cm³/mol. The number of halogens is 2. The zero-order valence-corrected chi connectivity index (χ0v) is 11.2. The molecule has 0 radical (unpaired) electrons. The molecule has 1 amide bonds. The number of hydrogen-bond acceptors (Lipinski definition) is 2. The summed E-state index contributed by atoms with van der Waals surface area (Å²) >= 11 is 0. The molecule has 1 N–H and O–H groups in total. The summed E-state index contributed by atoms with van der Waals surface area (Å²) in [6.07, 6.45) is -2.32. The van der Waals surface area contributed by atoms with Crippen LogP contribution in [-0.4, -0.2) is 41.4 Å². The number of rotatable bonds is 7. The van der Waals surface area contributed by atoms with Gasteiger partial charge in [-0.1, -0.05) is 18.2 Å². The average Bonchev–Trinajstić information content (AvgIpc) is 2.42. The van der Waals surface area contributed by atoms with E-state index in [0.29, 0.717) is 5.56 Å². The van der Waals surface area contributed by atoms with E-state index < -0.39 is 24.8 Å². The van der Waals surface area contributed by atoms with E-state index in [1.807, 2.05) is 0 Å². The molecule has 0 bridgehead atoms. The molecule has 0 unspecified atom stereocenters. The number of carboxylic acid groups (broad SMARTS) is 1. The van der Waals surface area contributed by atoms with Gasteiger partial charge in [0.1, 0.15) is 0 Å². The number of amides is 1. The van der Waals surface area contributed by atoms with Gasteiger partial charge < -0.3 is 10.0 Å². The molecule has 0 saturated heterocycles. The second kappa shape index (κ2) is 7.57. The van der Waals surface area contributed by atoms with E-state index in [4.69, 9.17) is 5.11 Å². The van der Waals surface area contributed by atoms with Crippen LogP contribution in [0.5, 0.6) is 0 Å². The minimum atomic E-state index is -2.56. The van der Waals surface area contributed by atoms with Crippen molar-refractivity contribution in [3.05, 3.63) is 35.4 Å². The Morgan fingerprint density at radius 2 is 1.95 bits per heavy atom. The fourth-order valence-corrected chi connectivity index (χ4v) is 1.92. The van der Waals surface area contributed by atoms with Gasteiger partial charge in [0, 0.05) is 13.0 Å². The van der Waals surface area contributed by atoms with Gasteiger partial charge in [-0.15, -0.1) is 0 Å². The molecule has 1 aromatic rings. The van der Waals surface area contributed by atoms with Crippen LogP contribution in [-0.2, 0) is 11.2 Å². The van der Waals surface area contributed by atoms with Gasteiger partial charge in [0.15, 0.2) is 0 Å². The molecule has 0 aliphatic rings. The Hall–Kier alpha value is -1.98. The first kappa shape index (κ1) is 16.1. The number of carbonyl (C=O) groups is 2. The minimum Gasteiger partial charge on any atom is -0.478 e. The van der Waals surface area contributed by atoms with Gasteiger partial charge in [0.05, 0.1) is 12.1 Å². The molecule has 0 aliphatic carbocycles. The van der Waals surface area contributed by atoms with Crippen molar-refractivity contribution in [1.29, 1.82) is 0 Å². The van der Waals surface area contributed by atoms with Gasteiger partial charge in [-0.25, -0.2) is 13.6 Å². The summed E-state index contributed by atoms with van der Waals surface area (Å²) in [5.41, 5.74) is 0.665. The highest BCUT2D eigenvalue weighted by atomic mass is 19.3. The maximum absolute atomic E-state index is 12.3. The first-order chi connectivity index (χ1) is 9.45. The van der Waals surface area contributed by atoms with Gasteiger partial charge in [-0.05, 0) is 25.0 Å². The van der Waals surface area contributed by atoms with E-state index in [0.717, 1.165) is 4.90 Å². The number of aromatic carboxylic acids is 1. The van der Waals surface area contributed by atoms with Crippen LogP contribution in [0.15, 0.2) is 24.3 Å². The predicted octanol–water partition coefficient (Wildman–Crippen LogP) is 2.43. The van der Waals surface area contributed by atoms with Crippen molar-refractivity contribution in [2.45, 2.75) is 26.2 Å². The van der Waals surface area contributed by atoms with Crippen LogP contribution in [0.25, 0.3) is 0 Å². The second-order valence-corrected chi connectivity index (χ2v) is 4.29. The summed E-state index contributed by atoms with van der Waals surface area (Å²) in [6, 6.07) is 6.37. The van der Waals surface area contributed by atoms with Gasteiger partial charge in [-0.3, -0.25) is 4.79 Å². The van der Waals surface area contributed by atoms with E-state index in [9.17, 15) is 18.4 Å². The summed E-state index contributed by atoms with van der Waals surface area (Å²) in [5.74, 6) is -1.46. The lowest BCUT2D eigenvalue weighted by atomic mass is 10.0. The molecule has 1 rings (SSSR count). The molecule has 0 aromatic heterocycles. The fourth-order valence-electron chi connectivity index (χ4n) is 1.92. The highest BCUT2D eigenvalue weighted by Crippen LogP contribution is 2.12. The molecule has 0 heterocycles. The van der Waals surface area contributed by atoms with Crippen LogP contribution < -0.4 is 0 Å². The fraction of sp³-hybridized carbons (Fsp3) is 0.429. The van der Waals surface area contributed by atoms with Crippen LogP contribution in [0.1, 0.15) is 29.3 Å². The zero-order chi connectivity index (χ0) is 15.1.